The summed E-state index contributed by atoms with van der Waals surface area (Å²) in [6.45, 7) is 2.16. The van der Waals surface area contributed by atoms with Gasteiger partial charge in [0.15, 0.2) is 5.78 Å². The molecule has 1 nitrogen and oxygen atoms in total. The summed E-state index contributed by atoms with van der Waals surface area (Å²) in [5.41, 5.74) is 1.17. The highest BCUT2D eigenvalue weighted by molar-refractivity contribution is 5.91. The summed E-state index contributed by atoms with van der Waals surface area (Å²) in [4.78, 5) is 11.1. The van der Waals surface area contributed by atoms with Crippen molar-refractivity contribution >= 4 is 5.78 Å². The van der Waals surface area contributed by atoms with Crippen molar-refractivity contribution in [1.82, 2.24) is 0 Å². The second-order valence-corrected chi connectivity index (χ2v) is 3.62. The van der Waals surface area contributed by atoms with Crippen LogP contribution in [0.4, 0.5) is 0 Å². The molecule has 1 rings (SSSR count). The Balaban J connectivity index is 2.39. The maximum atomic E-state index is 11.1. The van der Waals surface area contributed by atoms with Crippen molar-refractivity contribution in [3.8, 4) is 0 Å². The van der Waals surface area contributed by atoms with Gasteiger partial charge in [-0.2, -0.15) is 0 Å². The van der Waals surface area contributed by atoms with Crippen LogP contribution >= 0.6 is 0 Å². The normalized spacial score (nSPS) is 18.1. The van der Waals surface area contributed by atoms with E-state index in [-0.39, 0.29) is 5.78 Å². The Hall–Kier alpha value is -1.11. The van der Waals surface area contributed by atoms with Gasteiger partial charge in [-0.15, -0.1) is 0 Å². The monoisotopic (exact) mass is 190 g/mol. The molecule has 0 aromatic rings. The number of carbonyl (C=O) groups is 1. The molecular weight excluding hydrogens is 172 g/mol. The number of allylic oxidation sites excluding steroid dienone is 6. The zero-order valence-corrected chi connectivity index (χ0v) is 8.83. The van der Waals surface area contributed by atoms with Crippen molar-refractivity contribution in [2.45, 2.75) is 39.0 Å². The van der Waals surface area contributed by atoms with Crippen LogP contribution in [0.3, 0.4) is 0 Å². The van der Waals surface area contributed by atoms with Crippen LogP contribution in [-0.4, -0.2) is 5.78 Å². The third-order valence-electron chi connectivity index (χ3n) is 2.25. The molecule has 0 saturated carbocycles. The third-order valence-corrected chi connectivity index (χ3v) is 2.25. The van der Waals surface area contributed by atoms with E-state index in [4.69, 9.17) is 0 Å². The molecule has 0 atom stereocenters. The molecule has 0 aliphatic heterocycles. The summed E-state index contributed by atoms with van der Waals surface area (Å²) < 4.78 is 0. The van der Waals surface area contributed by atoms with Crippen molar-refractivity contribution in [2.24, 2.45) is 0 Å². The Morgan fingerprint density at radius 2 is 2.21 bits per heavy atom. The summed E-state index contributed by atoms with van der Waals surface area (Å²) in [5.74, 6) is 0.272. The molecule has 76 valence electrons. The van der Waals surface area contributed by atoms with Crippen molar-refractivity contribution in [1.29, 1.82) is 0 Å². The van der Waals surface area contributed by atoms with E-state index in [1.54, 1.807) is 6.08 Å². The van der Waals surface area contributed by atoms with Crippen LogP contribution in [0.2, 0.25) is 0 Å². The van der Waals surface area contributed by atoms with Crippen molar-refractivity contribution in [3.63, 3.8) is 0 Å². The largest absolute Gasteiger partial charge is 0.295 e. The lowest BCUT2D eigenvalue weighted by Crippen LogP contribution is -2.00. The molecule has 0 saturated heterocycles. The molecule has 0 heterocycles. The van der Waals surface area contributed by atoms with Crippen molar-refractivity contribution < 1.29 is 4.79 Å². The first-order valence-corrected chi connectivity index (χ1v) is 5.39. The van der Waals surface area contributed by atoms with Gasteiger partial charge in [0.25, 0.3) is 0 Å². The zero-order chi connectivity index (χ0) is 10.2. The molecule has 0 bridgehead atoms. The van der Waals surface area contributed by atoms with Gasteiger partial charge < -0.3 is 0 Å². The Morgan fingerprint density at radius 3 is 2.93 bits per heavy atom. The van der Waals surface area contributed by atoms with Gasteiger partial charge in [-0.1, -0.05) is 37.6 Å². The summed E-state index contributed by atoms with van der Waals surface area (Å²) in [6.07, 6.45) is 15.1. The molecule has 0 aromatic carbocycles. The lowest BCUT2D eigenvalue weighted by Gasteiger charge is -2.06. The van der Waals surface area contributed by atoms with Crippen molar-refractivity contribution in [2.75, 3.05) is 0 Å². The van der Waals surface area contributed by atoms with E-state index >= 15 is 0 Å². The molecule has 1 aliphatic carbocycles. The quantitative estimate of drug-likeness (QED) is 0.619. The van der Waals surface area contributed by atoms with E-state index in [2.05, 4.69) is 19.1 Å². The lowest BCUT2D eigenvalue weighted by molar-refractivity contribution is -0.115. The molecule has 0 fully saturated rings. The first-order chi connectivity index (χ1) is 6.83. The lowest BCUT2D eigenvalue weighted by atomic mass is 9.98. The van der Waals surface area contributed by atoms with Gasteiger partial charge >= 0.3 is 0 Å². The maximum absolute atomic E-state index is 11.1. The van der Waals surface area contributed by atoms with Gasteiger partial charge in [-0.25, -0.2) is 0 Å². The van der Waals surface area contributed by atoms with Gasteiger partial charge in [0.1, 0.15) is 0 Å². The van der Waals surface area contributed by atoms with Crippen molar-refractivity contribution in [3.05, 3.63) is 36.0 Å². The number of hydrogen-bond donors (Lipinski definition) is 0. The highest BCUT2D eigenvalue weighted by atomic mass is 16.1. The Kier molecular flexibility index (Phi) is 4.98. The topological polar surface area (TPSA) is 17.1 Å². The van der Waals surface area contributed by atoms with Crippen LogP contribution in [0, 0.1) is 0 Å². The standard InChI is InChI=1S/C13H18O/c1-2-3-4-5-6-8-12-9-7-10-13(14)11-12/h4-6,8,11H,2-3,7,9-10H2,1H3/b5-4+,8-6+. The minimum atomic E-state index is 0.272. The molecule has 1 aliphatic rings. The molecule has 0 N–H and O–H groups in total. The smallest absolute Gasteiger partial charge is 0.155 e. The van der Waals surface area contributed by atoms with E-state index in [9.17, 15) is 4.79 Å². The summed E-state index contributed by atoms with van der Waals surface area (Å²) in [6, 6.07) is 0. The Morgan fingerprint density at radius 1 is 1.36 bits per heavy atom. The fourth-order valence-electron chi connectivity index (χ4n) is 1.47. The highest BCUT2D eigenvalue weighted by Gasteiger charge is 2.06. The Labute approximate surface area is 86.2 Å². The van der Waals surface area contributed by atoms with E-state index < -0.39 is 0 Å². The van der Waals surface area contributed by atoms with E-state index in [0.29, 0.717) is 0 Å². The van der Waals surface area contributed by atoms with Gasteiger partial charge in [0, 0.05) is 6.42 Å². The molecule has 14 heavy (non-hydrogen) atoms. The second kappa shape index (κ2) is 6.36. The number of unbranched alkanes of at least 4 members (excludes halogenated alkanes) is 1. The van der Waals surface area contributed by atoms with Crippen LogP contribution in [0.25, 0.3) is 0 Å². The second-order valence-electron chi connectivity index (χ2n) is 3.62. The highest BCUT2D eigenvalue weighted by Crippen LogP contribution is 2.15. The first kappa shape index (κ1) is 11.0. The fourth-order valence-corrected chi connectivity index (χ4v) is 1.47. The van der Waals surface area contributed by atoms with Gasteiger partial charge in [0.05, 0.1) is 0 Å². The summed E-state index contributed by atoms with van der Waals surface area (Å²) >= 11 is 0. The molecule has 0 amide bonds. The minimum Gasteiger partial charge on any atom is -0.295 e. The average molecular weight is 190 g/mol. The maximum Gasteiger partial charge on any atom is 0.155 e. The molecular formula is C13H18O. The predicted molar refractivity (Wildman–Crippen MR) is 60.1 cm³/mol. The minimum absolute atomic E-state index is 0.272. The van der Waals surface area contributed by atoms with E-state index in [1.165, 1.54) is 12.0 Å². The molecule has 0 aromatic heterocycles. The van der Waals surface area contributed by atoms with Gasteiger partial charge in [-0.3, -0.25) is 4.79 Å². The van der Waals surface area contributed by atoms with Gasteiger partial charge in [0.2, 0.25) is 0 Å². The fraction of sp³-hybridized carbons (Fsp3) is 0.462. The molecule has 1 heteroatoms. The predicted octanol–water partition coefficient (Wildman–Crippen LogP) is 3.58. The summed E-state index contributed by atoms with van der Waals surface area (Å²) in [5, 5.41) is 0. The van der Waals surface area contributed by atoms with E-state index in [0.717, 1.165) is 25.7 Å². The van der Waals surface area contributed by atoms with Crippen LogP contribution in [0.1, 0.15) is 39.0 Å². The number of hydrogen-bond acceptors (Lipinski definition) is 1. The van der Waals surface area contributed by atoms with Crippen LogP contribution in [0.15, 0.2) is 36.0 Å². The zero-order valence-electron chi connectivity index (χ0n) is 8.83. The first-order valence-electron chi connectivity index (χ1n) is 5.39. The van der Waals surface area contributed by atoms with Crippen LogP contribution in [-0.2, 0) is 4.79 Å². The number of carbonyl (C=O) groups excluding carboxylic acids is 1. The Bertz CT molecular complexity index is 269. The molecule has 0 radical (unpaired) electrons. The van der Waals surface area contributed by atoms with E-state index in [1.807, 2.05) is 12.2 Å². The number of rotatable bonds is 4. The SMILES string of the molecule is CCC/C=C/C=C/C1=CC(=O)CCC1. The van der Waals surface area contributed by atoms with Crippen LogP contribution < -0.4 is 0 Å². The number of ketones is 1. The summed E-state index contributed by atoms with van der Waals surface area (Å²) in [7, 11) is 0. The third kappa shape index (κ3) is 4.22. The average Bonchev–Trinajstić information content (AvgIpc) is 2.18. The van der Waals surface area contributed by atoms with Crippen LogP contribution in [0.5, 0.6) is 0 Å². The molecule has 0 unspecified atom stereocenters. The van der Waals surface area contributed by atoms with Gasteiger partial charge in [-0.05, 0) is 30.9 Å². The molecule has 0 spiro atoms.